The van der Waals surface area contributed by atoms with Crippen molar-refractivity contribution < 1.29 is 13.9 Å². The van der Waals surface area contributed by atoms with Gasteiger partial charge in [-0.05, 0) is 37.6 Å². The molecule has 2 rings (SSSR count). The third-order valence-electron chi connectivity index (χ3n) is 3.74. The van der Waals surface area contributed by atoms with E-state index in [0.717, 1.165) is 18.0 Å². The fourth-order valence-corrected chi connectivity index (χ4v) is 4.10. The van der Waals surface area contributed by atoms with E-state index in [0.29, 0.717) is 26.5 Å². The molecule has 0 aromatic heterocycles. The largest absolute Gasteiger partial charge is 0.468 e. The average molecular weight is 388 g/mol. The van der Waals surface area contributed by atoms with Crippen LogP contribution in [0.1, 0.15) is 25.0 Å². The van der Waals surface area contributed by atoms with Gasteiger partial charge in [0.25, 0.3) is 0 Å². The second-order valence-electron chi connectivity index (χ2n) is 5.93. The molecule has 2 aromatic rings. The quantitative estimate of drug-likeness (QED) is 0.337. The number of thioether (sulfide) groups is 1. The number of rotatable bonds is 5. The smallest absolute Gasteiger partial charge is 0.321 e. The Balaban J connectivity index is 2.69. The van der Waals surface area contributed by atoms with Crippen LogP contribution in [0.4, 0.5) is 4.39 Å². The monoisotopic (exact) mass is 388 g/mol. The predicted molar refractivity (Wildman–Crippen MR) is 104 cm³/mol. The topological polar surface area (TPSA) is 73.9 Å². The third kappa shape index (κ3) is 3.92. The minimum atomic E-state index is -0.949. The Labute approximate surface area is 161 Å². The van der Waals surface area contributed by atoms with Crippen molar-refractivity contribution in [3.8, 4) is 17.2 Å². The van der Waals surface area contributed by atoms with Crippen molar-refractivity contribution in [3.05, 3.63) is 47.3 Å². The van der Waals surface area contributed by atoms with Gasteiger partial charge in [0.15, 0.2) is 0 Å². The molecule has 0 radical (unpaired) electrons. The number of methoxy groups -OCH3 is 1. The first kappa shape index (κ1) is 20.0. The fourth-order valence-electron chi connectivity index (χ4n) is 2.40. The maximum absolute atomic E-state index is 14.4. The number of nitrogens with one attached hydrogen (secondary N) is 1. The zero-order valence-corrected chi connectivity index (χ0v) is 16.2. The zero-order valence-electron chi connectivity index (χ0n) is 14.5. The summed E-state index contributed by atoms with van der Waals surface area (Å²) >= 11 is 5.58. The molecule has 2 aromatic carbocycles. The number of hydrogen-bond donors (Lipinski definition) is 2. The van der Waals surface area contributed by atoms with Crippen molar-refractivity contribution in [2.24, 2.45) is 0 Å². The highest BCUT2D eigenvalue weighted by atomic mass is 32.2. The third-order valence-corrected chi connectivity index (χ3v) is 5.43. The molecule has 7 heteroatoms. The number of benzene rings is 2. The van der Waals surface area contributed by atoms with Crippen LogP contribution >= 0.6 is 24.4 Å². The van der Waals surface area contributed by atoms with E-state index in [1.165, 1.54) is 13.2 Å². The van der Waals surface area contributed by atoms with Crippen molar-refractivity contribution in [3.63, 3.8) is 0 Å². The maximum Gasteiger partial charge on any atom is 0.321 e. The minimum absolute atomic E-state index is 0.0629. The van der Waals surface area contributed by atoms with E-state index in [1.54, 1.807) is 38.1 Å². The zero-order chi connectivity index (χ0) is 19.5. The van der Waals surface area contributed by atoms with Crippen LogP contribution in [0, 0.1) is 22.6 Å². The molecule has 0 aliphatic carbocycles. The first-order valence-electron chi connectivity index (χ1n) is 7.59. The average Bonchev–Trinajstić information content (AvgIpc) is 2.61. The molecule has 0 amide bonds. The van der Waals surface area contributed by atoms with Crippen molar-refractivity contribution in [1.29, 1.82) is 10.7 Å². The van der Waals surface area contributed by atoms with E-state index in [9.17, 15) is 9.18 Å². The summed E-state index contributed by atoms with van der Waals surface area (Å²) in [5.74, 6) is -1.03. The number of ether oxygens (including phenoxy) is 1. The first-order chi connectivity index (χ1) is 12.2. The molecule has 0 bridgehead atoms. The Morgan fingerprint density at radius 2 is 2.00 bits per heavy atom. The molecule has 134 valence electrons. The Bertz CT molecular complexity index is 903. The number of halogens is 1. The highest BCUT2D eigenvalue weighted by molar-refractivity contribution is 8.01. The lowest BCUT2D eigenvalue weighted by atomic mass is 10.0. The van der Waals surface area contributed by atoms with Crippen LogP contribution in [0.3, 0.4) is 0 Å². The highest BCUT2D eigenvalue weighted by Crippen LogP contribution is 2.44. The summed E-state index contributed by atoms with van der Waals surface area (Å²) in [7, 11) is 1.30. The Kier molecular flexibility index (Phi) is 6.11. The number of carbonyl (C=O) groups is 1. The summed E-state index contributed by atoms with van der Waals surface area (Å²) in [6.07, 6.45) is 0.907. The lowest BCUT2D eigenvalue weighted by Crippen LogP contribution is -2.29. The molecule has 0 unspecified atom stereocenters. The van der Waals surface area contributed by atoms with Gasteiger partial charge in [-0.3, -0.25) is 4.79 Å². The first-order valence-corrected chi connectivity index (χ1v) is 8.85. The Morgan fingerprint density at radius 3 is 2.50 bits per heavy atom. The van der Waals surface area contributed by atoms with Crippen molar-refractivity contribution in [2.75, 3.05) is 7.11 Å². The summed E-state index contributed by atoms with van der Waals surface area (Å²) in [4.78, 5) is 12.8. The van der Waals surface area contributed by atoms with Crippen LogP contribution in [-0.2, 0) is 9.53 Å². The molecular weight excluding hydrogens is 371 g/mol. The standard InChI is InChI=1S/C19H17FN2O2S2/c1-19(2,18(23)24-3)26-15-8-14(20)13(10-22)17(25)16(15)12-6-4-11(9-21)5-7-12/h4-8,10,22,25H,1-3H3. The summed E-state index contributed by atoms with van der Waals surface area (Å²) in [5, 5.41) is 16.4. The number of carbonyl (C=O) groups excluding carboxylic acids is 1. The van der Waals surface area contributed by atoms with Gasteiger partial charge in [0.2, 0.25) is 0 Å². The van der Waals surface area contributed by atoms with Gasteiger partial charge in [0.05, 0.1) is 18.7 Å². The van der Waals surface area contributed by atoms with Gasteiger partial charge in [-0.1, -0.05) is 12.1 Å². The van der Waals surface area contributed by atoms with Crippen LogP contribution in [0.2, 0.25) is 0 Å². The van der Waals surface area contributed by atoms with Gasteiger partial charge in [-0.25, -0.2) is 4.39 Å². The van der Waals surface area contributed by atoms with Gasteiger partial charge in [0.1, 0.15) is 10.6 Å². The van der Waals surface area contributed by atoms with Gasteiger partial charge >= 0.3 is 5.97 Å². The van der Waals surface area contributed by atoms with E-state index in [4.69, 9.17) is 15.4 Å². The van der Waals surface area contributed by atoms with E-state index in [1.807, 2.05) is 6.07 Å². The van der Waals surface area contributed by atoms with E-state index >= 15 is 0 Å². The van der Waals surface area contributed by atoms with E-state index < -0.39 is 16.5 Å². The second kappa shape index (κ2) is 7.94. The van der Waals surface area contributed by atoms with Gasteiger partial charge in [0, 0.05) is 27.1 Å². The number of thiol groups is 1. The highest BCUT2D eigenvalue weighted by Gasteiger charge is 2.32. The van der Waals surface area contributed by atoms with Gasteiger partial charge in [-0.15, -0.1) is 24.4 Å². The molecule has 0 fully saturated rings. The van der Waals surface area contributed by atoms with Gasteiger partial charge in [-0.2, -0.15) is 5.26 Å². The van der Waals surface area contributed by atoms with Crippen LogP contribution in [0.5, 0.6) is 0 Å². The van der Waals surface area contributed by atoms with E-state index in [-0.39, 0.29) is 5.56 Å². The molecule has 1 N–H and O–H groups in total. The number of hydrogen-bond acceptors (Lipinski definition) is 6. The molecule has 26 heavy (non-hydrogen) atoms. The second-order valence-corrected chi connectivity index (χ2v) is 8.04. The van der Waals surface area contributed by atoms with Crippen molar-refractivity contribution >= 4 is 36.6 Å². The van der Waals surface area contributed by atoms with E-state index in [2.05, 4.69) is 12.6 Å². The van der Waals surface area contributed by atoms with Gasteiger partial charge < -0.3 is 10.1 Å². The normalized spacial score (nSPS) is 10.9. The summed E-state index contributed by atoms with van der Waals surface area (Å²) in [6.45, 7) is 3.37. The SMILES string of the molecule is COC(=O)C(C)(C)Sc1cc(F)c(C=N)c(S)c1-c1ccc(C#N)cc1. The van der Waals surface area contributed by atoms with Crippen molar-refractivity contribution in [2.45, 2.75) is 28.4 Å². The molecule has 0 atom stereocenters. The summed E-state index contributed by atoms with van der Waals surface area (Å²) < 4.78 is 18.3. The molecule has 0 aliphatic rings. The Morgan fingerprint density at radius 1 is 1.38 bits per heavy atom. The maximum atomic E-state index is 14.4. The Hall–Kier alpha value is -2.30. The minimum Gasteiger partial charge on any atom is -0.468 e. The summed E-state index contributed by atoms with van der Waals surface area (Å²) in [5.41, 5.74) is 1.86. The number of esters is 1. The lowest BCUT2D eigenvalue weighted by molar-refractivity contribution is -0.142. The van der Waals surface area contributed by atoms with Crippen molar-refractivity contribution in [1.82, 2.24) is 0 Å². The molecule has 0 saturated carbocycles. The number of nitriles is 1. The van der Waals surface area contributed by atoms with Crippen LogP contribution in [0.15, 0.2) is 40.1 Å². The molecule has 0 aliphatic heterocycles. The fraction of sp³-hybridized carbons (Fsp3) is 0.211. The molecular formula is C19H17FN2O2S2. The predicted octanol–water partition coefficient (Wildman–Crippen LogP) is 4.69. The summed E-state index contributed by atoms with van der Waals surface area (Å²) in [6, 6.07) is 10.1. The molecule has 0 spiro atoms. The molecule has 0 saturated heterocycles. The van der Waals surface area contributed by atoms with Crippen LogP contribution < -0.4 is 0 Å². The molecule has 0 heterocycles. The lowest BCUT2D eigenvalue weighted by Gasteiger charge is -2.24. The number of nitrogens with zero attached hydrogens (tertiary/aromatic N) is 1. The molecule has 4 nitrogen and oxygen atoms in total. The van der Waals surface area contributed by atoms with Crippen LogP contribution in [0.25, 0.3) is 11.1 Å². The van der Waals surface area contributed by atoms with Crippen LogP contribution in [-0.4, -0.2) is 24.0 Å².